The number of fused-ring (bicyclic) bond motifs is 1. The highest BCUT2D eigenvalue weighted by atomic mass is 28.4. The number of ketones is 1. The fourth-order valence-corrected chi connectivity index (χ4v) is 12.9. The van der Waals surface area contributed by atoms with Crippen molar-refractivity contribution < 1.29 is 33.1 Å². The van der Waals surface area contributed by atoms with Crippen molar-refractivity contribution in [2.45, 2.75) is 134 Å². The number of carbonyl (C=O) groups is 5. The Morgan fingerprint density at radius 1 is 0.862 bits per heavy atom. The van der Waals surface area contributed by atoms with Crippen LogP contribution in [0.25, 0.3) is 0 Å². The lowest BCUT2D eigenvalue weighted by molar-refractivity contribution is -0.144. The maximum atomic E-state index is 14.1. The highest BCUT2D eigenvalue weighted by Gasteiger charge is 2.51. The molecule has 12 heteroatoms. The summed E-state index contributed by atoms with van der Waals surface area (Å²) in [4.78, 5) is 71.1. The number of ether oxygens (including phenoxy) is 1. The number of hydrogen-bond acceptors (Lipinski definition) is 7. The zero-order valence-electron chi connectivity index (χ0n) is 35.3. The first-order chi connectivity index (χ1) is 27.6. The van der Waals surface area contributed by atoms with E-state index in [2.05, 4.69) is 61.0 Å². The Morgan fingerprint density at radius 3 is 2.05 bits per heavy atom. The normalized spacial score (nSPS) is 22.5. The maximum absolute atomic E-state index is 14.1. The van der Waals surface area contributed by atoms with Gasteiger partial charge in [-0.2, -0.15) is 0 Å². The van der Waals surface area contributed by atoms with Gasteiger partial charge in [-0.3, -0.25) is 24.0 Å². The third-order valence-corrected chi connectivity index (χ3v) is 17.0. The molecule has 11 nitrogen and oxygen atoms in total. The van der Waals surface area contributed by atoms with Crippen LogP contribution < -0.4 is 31.1 Å². The molecule has 3 N–H and O–H groups in total. The number of rotatable bonds is 15. The first kappa shape index (κ1) is 44.3. The van der Waals surface area contributed by atoms with E-state index in [0.29, 0.717) is 57.2 Å². The fraction of sp³-hybridized carbons (Fsp3) is 0.500. The molecule has 0 aromatic heterocycles. The molecule has 0 radical (unpaired) electrons. The molecule has 0 saturated carbocycles. The van der Waals surface area contributed by atoms with Crippen LogP contribution >= 0.6 is 0 Å². The average Bonchev–Trinajstić information content (AvgIpc) is 3.72. The summed E-state index contributed by atoms with van der Waals surface area (Å²) in [7, 11) is -1.34. The molecular formula is C46H62N4O7Si. The molecule has 2 fully saturated rings. The summed E-state index contributed by atoms with van der Waals surface area (Å²) >= 11 is 0. The highest BCUT2D eigenvalue weighted by Crippen LogP contribution is 2.37. The minimum atomic E-state index is -2.91. The Balaban J connectivity index is 1.25. The first-order valence-corrected chi connectivity index (χ1v) is 22.7. The standard InChI is InChI=1S/C46H62N4O7Si/c1-8-46(6)44(55)48-38(31-33-26-28-34(56-7)29-27-33)43(54)50-30-18-24-39(50)42(53)47-37(41(52)49-46)23-16-11-17-25-40(51)32(2)57-58(45(3,4)5,35-19-12-9-13-20-35)36-21-14-10-15-22-36/h9-10,12-15,19-22,26-29,32,37-39H,8,11,16-18,23-25,30-31H2,1-7H3,(H,47,53)(H,48,55)(H,49,52)/t32-,37-,38-,39+,46-/m0/s1. The summed E-state index contributed by atoms with van der Waals surface area (Å²) < 4.78 is 12.3. The SMILES string of the molecule is CC[C@]1(C)NC(=O)[C@H](CCCCCC(=O)[C@H](C)O[Si](c2ccccc2)(c2ccccc2)C(C)(C)C)NC(=O)[C@H]2CCCN2C(=O)[C@H](Cc2ccc(OC)cc2)NC1=O. The number of benzene rings is 3. The molecule has 0 unspecified atom stereocenters. The first-order valence-electron chi connectivity index (χ1n) is 20.8. The van der Waals surface area contributed by atoms with Crippen LogP contribution in [0.5, 0.6) is 5.75 Å². The van der Waals surface area contributed by atoms with E-state index in [4.69, 9.17) is 9.16 Å². The minimum Gasteiger partial charge on any atom is -0.497 e. The van der Waals surface area contributed by atoms with Gasteiger partial charge < -0.3 is 30.0 Å². The van der Waals surface area contributed by atoms with E-state index < -0.39 is 49.9 Å². The minimum absolute atomic E-state index is 0.0195. The maximum Gasteiger partial charge on any atom is 0.262 e. The van der Waals surface area contributed by atoms with Crippen molar-refractivity contribution in [1.29, 1.82) is 0 Å². The number of unbranched alkanes of at least 4 members (excludes halogenated alkanes) is 2. The Kier molecular flexibility index (Phi) is 14.7. The van der Waals surface area contributed by atoms with Crippen molar-refractivity contribution >= 4 is 48.1 Å². The van der Waals surface area contributed by atoms with Crippen LogP contribution in [0.3, 0.4) is 0 Å². The van der Waals surface area contributed by atoms with Gasteiger partial charge in [0.25, 0.3) is 8.32 Å². The summed E-state index contributed by atoms with van der Waals surface area (Å²) in [5.74, 6) is -0.954. The highest BCUT2D eigenvalue weighted by molar-refractivity contribution is 6.99. The summed E-state index contributed by atoms with van der Waals surface area (Å²) in [5.41, 5.74) is -0.521. The largest absolute Gasteiger partial charge is 0.497 e. The van der Waals surface area contributed by atoms with Gasteiger partial charge in [-0.25, -0.2) is 0 Å². The van der Waals surface area contributed by atoms with Gasteiger partial charge in [0.05, 0.1) is 7.11 Å². The van der Waals surface area contributed by atoms with Crippen LogP contribution in [0, 0.1) is 0 Å². The second-order valence-corrected chi connectivity index (χ2v) is 21.2. The van der Waals surface area contributed by atoms with Crippen molar-refractivity contribution in [3.8, 4) is 5.75 Å². The Labute approximate surface area is 345 Å². The number of methoxy groups -OCH3 is 1. The quantitative estimate of drug-likeness (QED) is 0.145. The van der Waals surface area contributed by atoms with Crippen LogP contribution in [-0.4, -0.2) is 86.1 Å². The van der Waals surface area contributed by atoms with Crippen LogP contribution in [-0.2, 0) is 34.8 Å². The van der Waals surface area contributed by atoms with Crippen LogP contribution in [0.4, 0.5) is 0 Å². The molecule has 2 aliphatic heterocycles. The third-order valence-electron chi connectivity index (χ3n) is 11.9. The van der Waals surface area contributed by atoms with Crippen LogP contribution in [0.2, 0.25) is 5.04 Å². The molecule has 5 rings (SSSR count). The second-order valence-electron chi connectivity index (χ2n) is 17.0. The van der Waals surface area contributed by atoms with Crippen molar-refractivity contribution in [3.05, 3.63) is 90.5 Å². The number of hydrogen-bond donors (Lipinski definition) is 3. The predicted molar refractivity (Wildman–Crippen MR) is 228 cm³/mol. The van der Waals surface area contributed by atoms with Gasteiger partial charge >= 0.3 is 0 Å². The van der Waals surface area contributed by atoms with E-state index in [1.165, 1.54) is 0 Å². The monoisotopic (exact) mass is 810 g/mol. The van der Waals surface area contributed by atoms with Gasteiger partial charge in [-0.05, 0) is 79.1 Å². The molecule has 58 heavy (non-hydrogen) atoms. The predicted octanol–water partition coefficient (Wildman–Crippen LogP) is 4.98. The van der Waals surface area contributed by atoms with Crippen LogP contribution in [0.15, 0.2) is 84.9 Å². The second kappa shape index (κ2) is 19.3. The van der Waals surface area contributed by atoms with E-state index in [0.717, 1.165) is 15.9 Å². The van der Waals surface area contributed by atoms with E-state index in [1.54, 1.807) is 38.0 Å². The third kappa shape index (κ3) is 10.1. The molecule has 0 aliphatic carbocycles. The van der Waals surface area contributed by atoms with Gasteiger partial charge in [0, 0.05) is 19.4 Å². The number of nitrogens with one attached hydrogen (secondary N) is 3. The summed E-state index contributed by atoms with van der Waals surface area (Å²) in [6.07, 6.45) is 3.33. The number of amides is 4. The van der Waals surface area contributed by atoms with Crippen molar-refractivity contribution in [2.75, 3.05) is 13.7 Å². The number of Topliss-reactive ketones (excluding diaryl/α,β-unsaturated/α-hetero) is 1. The molecule has 5 atom stereocenters. The average molecular weight is 811 g/mol. The zero-order valence-corrected chi connectivity index (χ0v) is 36.3. The topological polar surface area (TPSA) is 143 Å². The lowest BCUT2D eigenvalue weighted by Crippen LogP contribution is -2.68. The molecule has 0 bridgehead atoms. The molecule has 0 spiro atoms. The van der Waals surface area contributed by atoms with Crippen LogP contribution in [0.1, 0.15) is 98.5 Å². The Bertz CT molecular complexity index is 1850. The lowest BCUT2D eigenvalue weighted by atomic mass is 9.94. The fourth-order valence-electron chi connectivity index (χ4n) is 8.27. The summed E-state index contributed by atoms with van der Waals surface area (Å²) in [6, 6.07) is 25.2. The van der Waals surface area contributed by atoms with Gasteiger partial charge in [-0.1, -0.05) is 113 Å². The Morgan fingerprint density at radius 2 is 1.48 bits per heavy atom. The van der Waals surface area contributed by atoms with Crippen molar-refractivity contribution in [2.24, 2.45) is 0 Å². The van der Waals surface area contributed by atoms with E-state index in [1.807, 2.05) is 55.5 Å². The molecule has 3 aromatic rings. The smallest absolute Gasteiger partial charge is 0.262 e. The molecule has 3 aromatic carbocycles. The summed E-state index contributed by atoms with van der Waals surface area (Å²) in [5, 5.41) is 10.8. The number of carbonyl (C=O) groups excluding carboxylic acids is 5. The molecule has 4 amide bonds. The van der Waals surface area contributed by atoms with Gasteiger partial charge in [-0.15, -0.1) is 0 Å². The Hall–Kier alpha value is -4.81. The van der Waals surface area contributed by atoms with Crippen molar-refractivity contribution in [3.63, 3.8) is 0 Å². The lowest BCUT2D eigenvalue weighted by Gasteiger charge is -2.44. The van der Waals surface area contributed by atoms with Crippen molar-refractivity contribution in [1.82, 2.24) is 20.9 Å². The summed E-state index contributed by atoms with van der Waals surface area (Å²) in [6.45, 7) is 12.2. The molecule has 312 valence electrons. The van der Waals surface area contributed by atoms with E-state index >= 15 is 0 Å². The zero-order chi connectivity index (χ0) is 42.1. The number of nitrogens with zero attached hydrogens (tertiary/aromatic N) is 1. The molecule has 2 heterocycles. The van der Waals surface area contributed by atoms with E-state index in [9.17, 15) is 24.0 Å². The van der Waals surface area contributed by atoms with Gasteiger partial charge in [0.2, 0.25) is 23.6 Å². The molecule has 2 saturated heterocycles. The van der Waals surface area contributed by atoms with Gasteiger partial charge in [0.1, 0.15) is 35.5 Å². The molecule has 2 aliphatic rings. The van der Waals surface area contributed by atoms with E-state index in [-0.39, 0.29) is 35.5 Å². The van der Waals surface area contributed by atoms with Gasteiger partial charge in [0.15, 0.2) is 5.78 Å². The molecular weight excluding hydrogens is 749 g/mol.